The average molecular weight is 310 g/mol. The van der Waals surface area contributed by atoms with Gasteiger partial charge in [-0.2, -0.15) is 4.31 Å². The number of phenolic OH excluding ortho intramolecular Hbond substituents is 1. The number of phenols is 1. The van der Waals surface area contributed by atoms with Crippen LogP contribution in [0.25, 0.3) is 0 Å². The molecule has 1 aromatic carbocycles. The van der Waals surface area contributed by atoms with Crippen LogP contribution in [0.4, 0.5) is 0 Å². The SMILES string of the molecule is O=C1CCC2CN(S(=O)(=O)c3cccc(O)c3)CCC2N1. The van der Waals surface area contributed by atoms with Crippen LogP contribution in [-0.4, -0.2) is 42.9 Å². The Morgan fingerprint density at radius 3 is 2.86 bits per heavy atom. The van der Waals surface area contributed by atoms with E-state index in [4.69, 9.17) is 0 Å². The molecule has 2 aliphatic rings. The second kappa shape index (κ2) is 5.31. The molecule has 1 aromatic rings. The molecule has 3 rings (SSSR count). The van der Waals surface area contributed by atoms with Crippen LogP contribution in [0.15, 0.2) is 29.2 Å². The van der Waals surface area contributed by atoms with Gasteiger partial charge in [0.2, 0.25) is 15.9 Å². The summed E-state index contributed by atoms with van der Waals surface area (Å²) < 4.78 is 26.7. The fourth-order valence-electron chi connectivity index (χ4n) is 3.09. The summed E-state index contributed by atoms with van der Waals surface area (Å²) in [5.41, 5.74) is 0. The number of amides is 1. The summed E-state index contributed by atoms with van der Waals surface area (Å²) in [6, 6.07) is 5.81. The minimum absolute atomic E-state index is 0.0561. The van der Waals surface area contributed by atoms with Crippen LogP contribution in [-0.2, 0) is 14.8 Å². The first-order chi connectivity index (χ1) is 9.96. The molecule has 0 radical (unpaired) electrons. The fourth-order valence-corrected chi connectivity index (χ4v) is 4.64. The maximum atomic E-state index is 12.6. The van der Waals surface area contributed by atoms with Crippen molar-refractivity contribution in [2.24, 2.45) is 5.92 Å². The van der Waals surface area contributed by atoms with Crippen LogP contribution in [0, 0.1) is 5.92 Å². The molecule has 2 fully saturated rings. The Kier molecular flexibility index (Phi) is 3.62. The summed E-state index contributed by atoms with van der Waals surface area (Å²) >= 11 is 0. The molecule has 6 nitrogen and oxygen atoms in total. The molecule has 7 heteroatoms. The summed E-state index contributed by atoms with van der Waals surface area (Å²) in [5.74, 6) is 0.167. The van der Waals surface area contributed by atoms with E-state index < -0.39 is 10.0 Å². The number of carbonyl (C=O) groups is 1. The highest BCUT2D eigenvalue weighted by Gasteiger charge is 2.38. The first-order valence-electron chi connectivity index (χ1n) is 7.05. The Balaban J connectivity index is 1.80. The lowest BCUT2D eigenvalue weighted by Crippen LogP contribution is -2.54. The molecule has 0 aromatic heterocycles. The number of hydrogen-bond acceptors (Lipinski definition) is 4. The number of rotatable bonds is 2. The van der Waals surface area contributed by atoms with Gasteiger partial charge >= 0.3 is 0 Å². The molecule has 0 spiro atoms. The van der Waals surface area contributed by atoms with Crippen molar-refractivity contribution < 1.29 is 18.3 Å². The third kappa shape index (κ3) is 2.75. The zero-order chi connectivity index (χ0) is 15.0. The predicted octanol–water partition coefficient (Wildman–Crippen LogP) is 0.681. The lowest BCUT2D eigenvalue weighted by molar-refractivity contribution is -0.124. The van der Waals surface area contributed by atoms with Gasteiger partial charge in [-0.25, -0.2) is 8.42 Å². The predicted molar refractivity (Wildman–Crippen MR) is 76.1 cm³/mol. The van der Waals surface area contributed by atoms with Gasteiger partial charge in [0, 0.05) is 25.6 Å². The molecule has 2 unspecified atom stereocenters. The highest BCUT2D eigenvalue weighted by atomic mass is 32.2. The molecule has 2 atom stereocenters. The molecule has 21 heavy (non-hydrogen) atoms. The number of piperidine rings is 2. The maximum absolute atomic E-state index is 12.6. The highest BCUT2D eigenvalue weighted by molar-refractivity contribution is 7.89. The van der Waals surface area contributed by atoms with Crippen molar-refractivity contribution in [1.29, 1.82) is 0 Å². The fraction of sp³-hybridized carbons (Fsp3) is 0.500. The van der Waals surface area contributed by atoms with E-state index in [9.17, 15) is 18.3 Å². The summed E-state index contributed by atoms with van der Waals surface area (Å²) in [5, 5.41) is 12.4. The van der Waals surface area contributed by atoms with Crippen LogP contribution < -0.4 is 5.32 Å². The van der Waals surface area contributed by atoms with Crippen molar-refractivity contribution in [1.82, 2.24) is 9.62 Å². The smallest absolute Gasteiger partial charge is 0.243 e. The first kappa shape index (κ1) is 14.3. The summed E-state index contributed by atoms with van der Waals surface area (Å²) in [6.07, 6.45) is 1.82. The molecule has 114 valence electrons. The van der Waals surface area contributed by atoms with E-state index in [2.05, 4.69) is 5.32 Å². The molecule has 2 aliphatic heterocycles. The number of aromatic hydroxyl groups is 1. The van der Waals surface area contributed by atoms with Gasteiger partial charge in [0.15, 0.2) is 0 Å². The van der Waals surface area contributed by atoms with E-state index in [0.717, 1.165) is 6.42 Å². The summed E-state index contributed by atoms with van der Waals surface area (Å²) in [7, 11) is -3.59. The lowest BCUT2D eigenvalue weighted by Gasteiger charge is -2.40. The topological polar surface area (TPSA) is 86.7 Å². The Hall–Kier alpha value is -1.60. The monoisotopic (exact) mass is 310 g/mol. The zero-order valence-electron chi connectivity index (χ0n) is 11.5. The van der Waals surface area contributed by atoms with E-state index in [0.29, 0.717) is 25.9 Å². The Morgan fingerprint density at radius 1 is 1.29 bits per heavy atom. The van der Waals surface area contributed by atoms with Crippen molar-refractivity contribution in [2.75, 3.05) is 13.1 Å². The third-order valence-electron chi connectivity index (χ3n) is 4.24. The van der Waals surface area contributed by atoms with Gasteiger partial charge in [-0.15, -0.1) is 0 Å². The molecule has 2 heterocycles. The van der Waals surface area contributed by atoms with Crippen molar-refractivity contribution in [3.63, 3.8) is 0 Å². The number of carbonyl (C=O) groups excluding carboxylic acids is 1. The standard InChI is InChI=1S/C14H18N2O4S/c17-11-2-1-3-12(8-11)21(19,20)16-7-6-13-10(9-16)4-5-14(18)15-13/h1-3,8,10,13,17H,4-7,9H2,(H,15,18). The quantitative estimate of drug-likeness (QED) is 0.841. The van der Waals surface area contributed by atoms with Crippen LogP contribution in [0.2, 0.25) is 0 Å². The van der Waals surface area contributed by atoms with Crippen LogP contribution in [0.3, 0.4) is 0 Å². The Morgan fingerprint density at radius 2 is 2.10 bits per heavy atom. The Labute approximate surface area is 123 Å². The molecule has 0 bridgehead atoms. The summed E-state index contributed by atoms with van der Waals surface area (Å²) in [4.78, 5) is 11.5. The number of benzene rings is 1. The van der Waals surface area contributed by atoms with E-state index in [1.807, 2.05) is 0 Å². The van der Waals surface area contributed by atoms with Crippen LogP contribution >= 0.6 is 0 Å². The van der Waals surface area contributed by atoms with Crippen molar-refractivity contribution in [3.8, 4) is 5.75 Å². The van der Waals surface area contributed by atoms with Crippen molar-refractivity contribution in [3.05, 3.63) is 24.3 Å². The van der Waals surface area contributed by atoms with Crippen molar-refractivity contribution in [2.45, 2.75) is 30.2 Å². The molecule has 2 N–H and O–H groups in total. The zero-order valence-corrected chi connectivity index (χ0v) is 12.3. The average Bonchev–Trinajstić information content (AvgIpc) is 2.46. The number of nitrogens with one attached hydrogen (secondary N) is 1. The molecule has 0 saturated carbocycles. The second-order valence-electron chi connectivity index (χ2n) is 5.62. The molecular weight excluding hydrogens is 292 g/mol. The van der Waals surface area contributed by atoms with Gasteiger partial charge in [-0.05, 0) is 37.0 Å². The van der Waals surface area contributed by atoms with Gasteiger partial charge in [0.05, 0.1) is 4.90 Å². The normalized spacial score (nSPS) is 27.0. The van der Waals surface area contributed by atoms with Gasteiger partial charge in [0.25, 0.3) is 0 Å². The van der Waals surface area contributed by atoms with E-state index in [1.165, 1.54) is 28.6 Å². The largest absolute Gasteiger partial charge is 0.508 e. The molecule has 1 amide bonds. The first-order valence-corrected chi connectivity index (χ1v) is 8.49. The van der Waals surface area contributed by atoms with E-state index >= 15 is 0 Å². The molecular formula is C14H18N2O4S. The molecule has 0 aliphatic carbocycles. The van der Waals surface area contributed by atoms with Gasteiger partial charge in [-0.1, -0.05) is 6.07 Å². The van der Waals surface area contributed by atoms with Crippen molar-refractivity contribution >= 4 is 15.9 Å². The maximum Gasteiger partial charge on any atom is 0.243 e. The minimum Gasteiger partial charge on any atom is -0.508 e. The van der Waals surface area contributed by atoms with E-state index in [-0.39, 0.29) is 28.5 Å². The van der Waals surface area contributed by atoms with Gasteiger partial charge < -0.3 is 10.4 Å². The van der Waals surface area contributed by atoms with Gasteiger partial charge in [0.1, 0.15) is 5.75 Å². The number of fused-ring (bicyclic) bond motifs is 1. The highest BCUT2D eigenvalue weighted by Crippen LogP contribution is 2.29. The minimum atomic E-state index is -3.59. The summed E-state index contributed by atoms with van der Waals surface area (Å²) in [6.45, 7) is 0.808. The second-order valence-corrected chi connectivity index (χ2v) is 7.56. The third-order valence-corrected chi connectivity index (χ3v) is 6.10. The molecule has 2 saturated heterocycles. The van der Waals surface area contributed by atoms with E-state index in [1.54, 1.807) is 0 Å². The van der Waals surface area contributed by atoms with Crippen LogP contribution in [0.1, 0.15) is 19.3 Å². The lowest BCUT2D eigenvalue weighted by atomic mass is 9.86. The Bertz CT molecular complexity index is 659. The van der Waals surface area contributed by atoms with Gasteiger partial charge in [-0.3, -0.25) is 4.79 Å². The number of sulfonamides is 1. The number of hydrogen-bond donors (Lipinski definition) is 2. The number of nitrogens with zero attached hydrogens (tertiary/aromatic N) is 1. The van der Waals surface area contributed by atoms with Crippen LogP contribution in [0.5, 0.6) is 5.75 Å².